The topological polar surface area (TPSA) is 95.9 Å². The van der Waals surface area contributed by atoms with E-state index in [1.807, 2.05) is 24.3 Å². The van der Waals surface area contributed by atoms with Gasteiger partial charge < -0.3 is 20.1 Å². The molecule has 4 rings (SSSR count). The molecule has 33 heavy (non-hydrogen) atoms. The van der Waals surface area contributed by atoms with Crippen molar-refractivity contribution in [1.82, 2.24) is 10.2 Å². The van der Waals surface area contributed by atoms with E-state index in [9.17, 15) is 14.4 Å². The van der Waals surface area contributed by atoms with Crippen molar-refractivity contribution < 1.29 is 24.2 Å². The minimum atomic E-state index is -0.899. The number of aliphatic carboxylic acids is 1. The zero-order valence-corrected chi connectivity index (χ0v) is 18.8. The lowest BCUT2D eigenvalue weighted by Gasteiger charge is -2.35. The fourth-order valence-electron chi connectivity index (χ4n) is 5.01. The van der Waals surface area contributed by atoms with Gasteiger partial charge in [-0.2, -0.15) is 0 Å². The number of nitrogens with one attached hydrogen (secondary N) is 1. The number of rotatable bonds is 7. The average Bonchev–Trinajstić information content (AvgIpc) is 3.11. The lowest BCUT2D eigenvalue weighted by atomic mass is 9.98. The molecule has 2 aromatic carbocycles. The van der Waals surface area contributed by atoms with Crippen LogP contribution >= 0.6 is 0 Å². The number of hydrogen-bond acceptors (Lipinski definition) is 4. The first-order valence-electron chi connectivity index (χ1n) is 11.6. The van der Waals surface area contributed by atoms with Crippen molar-refractivity contribution in [3.63, 3.8) is 0 Å². The van der Waals surface area contributed by atoms with Crippen molar-refractivity contribution in [2.24, 2.45) is 0 Å². The third kappa shape index (κ3) is 5.18. The number of carboxylic acids is 1. The summed E-state index contributed by atoms with van der Waals surface area (Å²) in [4.78, 5) is 38.0. The number of piperidine rings is 1. The van der Waals surface area contributed by atoms with Crippen molar-refractivity contribution in [3.05, 3.63) is 59.7 Å². The molecule has 174 valence electrons. The minimum Gasteiger partial charge on any atom is -0.481 e. The summed E-state index contributed by atoms with van der Waals surface area (Å²) in [6.45, 7) is 2.54. The largest absolute Gasteiger partial charge is 0.481 e. The second kappa shape index (κ2) is 10.1. The van der Waals surface area contributed by atoms with Gasteiger partial charge in [-0.25, -0.2) is 4.79 Å². The summed E-state index contributed by atoms with van der Waals surface area (Å²) in [5, 5.41) is 11.9. The zero-order valence-electron chi connectivity index (χ0n) is 18.8. The Morgan fingerprint density at radius 2 is 1.70 bits per heavy atom. The van der Waals surface area contributed by atoms with E-state index < -0.39 is 18.1 Å². The summed E-state index contributed by atoms with van der Waals surface area (Å²) in [6, 6.07) is 15.6. The SMILES string of the molecule is C[C@H](CC(=O)N1CCCC[C@H]1CC(=O)O)NC(=O)OCC1c2ccccc2-c2ccccc21. The van der Waals surface area contributed by atoms with Crippen LogP contribution in [0.1, 0.15) is 56.1 Å². The predicted molar refractivity (Wildman–Crippen MR) is 124 cm³/mol. The van der Waals surface area contributed by atoms with Gasteiger partial charge in [0.15, 0.2) is 0 Å². The monoisotopic (exact) mass is 450 g/mol. The number of amides is 2. The van der Waals surface area contributed by atoms with E-state index in [0.717, 1.165) is 24.0 Å². The fraction of sp³-hybridized carbons (Fsp3) is 0.423. The van der Waals surface area contributed by atoms with Crippen molar-refractivity contribution in [3.8, 4) is 11.1 Å². The van der Waals surface area contributed by atoms with Gasteiger partial charge in [-0.05, 0) is 48.4 Å². The zero-order chi connectivity index (χ0) is 23.4. The molecule has 1 aliphatic heterocycles. The van der Waals surface area contributed by atoms with E-state index in [0.29, 0.717) is 13.0 Å². The molecule has 2 atom stereocenters. The molecule has 0 bridgehead atoms. The van der Waals surface area contributed by atoms with Gasteiger partial charge in [-0.3, -0.25) is 9.59 Å². The van der Waals surface area contributed by atoms with Gasteiger partial charge in [-0.1, -0.05) is 48.5 Å². The van der Waals surface area contributed by atoms with Crippen LogP contribution in [0.5, 0.6) is 0 Å². The van der Waals surface area contributed by atoms with E-state index in [2.05, 4.69) is 29.6 Å². The first-order valence-corrected chi connectivity index (χ1v) is 11.6. The van der Waals surface area contributed by atoms with Crippen LogP contribution in [0.3, 0.4) is 0 Å². The summed E-state index contributed by atoms with van der Waals surface area (Å²) in [6.07, 6.45) is 2.01. The van der Waals surface area contributed by atoms with Crippen molar-refractivity contribution >= 4 is 18.0 Å². The standard InChI is InChI=1S/C26H30N2O5/c1-17(14-24(29)28-13-7-6-8-18(28)15-25(30)31)27-26(32)33-16-23-21-11-4-2-9-19(21)20-10-3-5-12-22(20)23/h2-5,9-12,17-18,23H,6-8,13-16H2,1H3,(H,27,32)(H,30,31)/t17-,18+/m1/s1. The minimum absolute atomic E-state index is 0.0229. The molecule has 0 spiro atoms. The summed E-state index contributed by atoms with van der Waals surface area (Å²) in [5.41, 5.74) is 4.62. The third-order valence-electron chi connectivity index (χ3n) is 6.55. The van der Waals surface area contributed by atoms with Crippen LogP contribution in [0.4, 0.5) is 4.79 Å². The summed E-state index contributed by atoms with van der Waals surface area (Å²) in [7, 11) is 0. The molecule has 1 heterocycles. The Hall–Kier alpha value is -3.35. The number of benzene rings is 2. The maximum atomic E-state index is 12.8. The number of carboxylic acid groups (broad SMARTS) is 1. The smallest absolute Gasteiger partial charge is 0.407 e. The Balaban J connectivity index is 1.31. The molecule has 1 saturated heterocycles. The Labute approximate surface area is 193 Å². The van der Waals surface area contributed by atoms with Gasteiger partial charge in [0, 0.05) is 31.0 Å². The highest BCUT2D eigenvalue weighted by Crippen LogP contribution is 2.44. The van der Waals surface area contributed by atoms with Crippen LogP contribution in [-0.2, 0) is 14.3 Å². The predicted octanol–water partition coefficient (Wildman–Crippen LogP) is 4.16. The van der Waals surface area contributed by atoms with Crippen molar-refractivity contribution in [1.29, 1.82) is 0 Å². The molecule has 0 aromatic heterocycles. The molecule has 0 saturated carbocycles. The van der Waals surface area contributed by atoms with Crippen LogP contribution in [-0.4, -0.2) is 53.2 Å². The molecule has 2 aliphatic rings. The number of likely N-dealkylation sites (tertiary alicyclic amines) is 1. The Bertz CT molecular complexity index is 991. The second-order valence-electron chi connectivity index (χ2n) is 8.91. The summed E-state index contributed by atoms with van der Waals surface area (Å²) < 4.78 is 5.56. The summed E-state index contributed by atoms with van der Waals surface area (Å²) in [5.74, 6) is -1.05. The van der Waals surface area contributed by atoms with Gasteiger partial charge in [0.05, 0.1) is 6.42 Å². The first-order chi connectivity index (χ1) is 15.9. The van der Waals surface area contributed by atoms with Gasteiger partial charge >= 0.3 is 12.1 Å². The van der Waals surface area contributed by atoms with Gasteiger partial charge in [0.1, 0.15) is 6.61 Å². The molecule has 2 N–H and O–H groups in total. The number of carbonyl (C=O) groups is 3. The lowest BCUT2D eigenvalue weighted by Crippen LogP contribution is -2.47. The average molecular weight is 451 g/mol. The first kappa shape index (κ1) is 22.8. The maximum Gasteiger partial charge on any atom is 0.407 e. The van der Waals surface area contributed by atoms with Crippen LogP contribution in [0.25, 0.3) is 11.1 Å². The number of alkyl carbamates (subject to hydrolysis) is 1. The normalized spacial score (nSPS) is 18.2. The quantitative estimate of drug-likeness (QED) is 0.660. The van der Waals surface area contributed by atoms with Gasteiger partial charge in [-0.15, -0.1) is 0 Å². The van der Waals surface area contributed by atoms with Crippen LogP contribution in [0.2, 0.25) is 0 Å². The molecule has 0 radical (unpaired) electrons. The maximum absolute atomic E-state index is 12.8. The molecule has 1 aliphatic carbocycles. The van der Waals surface area contributed by atoms with E-state index in [-0.39, 0.29) is 37.3 Å². The second-order valence-corrected chi connectivity index (χ2v) is 8.91. The molecule has 2 aromatic rings. The van der Waals surface area contributed by atoms with E-state index in [1.165, 1.54) is 11.1 Å². The fourth-order valence-corrected chi connectivity index (χ4v) is 5.01. The highest BCUT2D eigenvalue weighted by molar-refractivity contribution is 5.80. The summed E-state index contributed by atoms with van der Waals surface area (Å²) >= 11 is 0. The number of hydrogen-bond donors (Lipinski definition) is 2. The Kier molecular flexibility index (Phi) is 6.96. The molecule has 7 nitrogen and oxygen atoms in total. The molecule has 2 amide bonds. The van der Waals surface area contributed by atoms with Gasteiger partial charge in [0.2, 0.25) is 5.91 Å². The number of fused-ring (bicyclic) bond motifs is 3. The van der Waals surface area contributed by atoms with Crippen molar-refractivity contribution in [2.75, 3.05) is 13.2 Å². The van der Waals surface area contributed by atoms with E-state index >= 15 is 0 Å². The Morgan fingerprint density at radius 3 is 2.33 bits per heavy atom. The number of carbonyl (C=O) groups excluding carboxylic acids is 2. The third-order valence-corrected chi connectivity index (χ3v) is 6.55. The number of ether oxygens (including phenoxy) is 1. The van der Waals surface area contributed by atoms with E-state index in [4.69, 9.17) is 9.84 Å². The molecular weight excluding hydrogens is 420 g/mol. The Morgan fingerprint density at radius 1 is 1.06 bits per heavy atom. The van der Waals surface area contributed by atoms with Crippen LogP contribution < -0.4 is 5.32 Å². The van der Waals surface area contributed by atoms with Crippen LogP contribution in [0.15, 0.2) is 48.5 Å². The highest BCUT2D eigenvalue weighted by Gasteiger charge is 2.31. The van der Waals surface area contributed by atoms with Gasteiger partial charge in [0.25, 0.3) is 0 Å². The van der Waals surface area contributed by atoms with E-state index in [1.54, 1.807) is 11.8 Å². The van der Waals surface area contributed by atoms with Crippen molar-refractivity contribution in [2.45, 2.75) is 57.0 Å². The lowest BCUT2D eigenvalue weighted by molar-refractivity contribution is -0.142. The molecule has 0 unspecified atom stereocenters. The molecule has 7 heteroatoms. The highest BCUT2D eigenvalue weighted by atomic mass is 16.5. The molecular formula is C26H30N2O5. The number of nitrogens with zero attached hydrogens (tertiary/aromatic N) is 1. The van der Waals surface area contributed by atoms with Crippen LogP contribution in [0, 0.1) is 0 Å². The molecule has 1 fully saturated rings.